The summed E-state index contributed by atoms with van der Waals surface area (Å²) in [5.74, 6) is 1.59. The van der Waals surface area contributed by atoms with Crippen LogP contribution in [0, 0.1) is 5.92 Å². The molecule has 1 aromatic carbocycles. The van der Waals surface area contributed by atoms with Gasteiger partial charge in [-0.15, -0.1) is 0 Å². The third-order valence-corrected chi connectivity index (χ3v) is 6.71. The van der Waals surface area contributed by atoms with E-state index in [1.807, 2.05) is 12.3 Å². The van der Waals surface area contributed by atoms with Gasteiger partial charge in [0.1, 0.15) is 0 Å². The second-order valence-electron chi connectivity index (χ2n) is 7.99. The standard InChI is InChI=1S/C21H28N4/c1-2-6-17(7-3-1)19-16-24(11-5-13-25-12-4-10-22-25)20-18-8-14-23(15-9-18)21(19)20/h1-4,6-7,10,12,18-21H,5,8-9,11,13-16H2/t19-,20+,21+/m1/s1. The topological polar surface area (TPSA) is 24.3 Å². The summed E-state index contributed by atoms with van der Waals surface area (Å²) in [6.07, 6.45) is 7.95. The number of fused-ring (bicyclic) bond motifs is 2. The average Bonchev–Trinajstić information content (AvgIpc) is 3.33. The summed E-state index contributed by atoms with van der Waals surface area (Å²) in [6.45, 7) is 6.10. The Morgan fingerprint density at radius 1 is 0.960 bits per heavy atom. The number of rotatable bonds is 5. The van der Waals surface area contributed by atoms with Crippen molar-refractivity contribution >= 4 is 0 Å². The Bertz CT molecular complexity index is 675. The fourth-order valence-corrected chi connectivity index (χ4v) is 5.65. The Labute approximate surface area is 150 Å². The van der Waals surface area contributed by atoms with Crippen LogP contribution in [0.25, 0.3) is 0 Å². The first-order valence-electron chi connectivity index (χ1n) is 9.90. The maximum Gasteiger partial charge on any atom is 0.0489 e. The Balaban J connectivity index is 1.34. The lowest BCUT2D eigenvalue weighted by atomic mass is 9.75. The van der Waals surface area contributed by atoms with Crippen LogP contribution in [0.5, 0.6) is 0 Å². The molecule has 1 aromatic heterocycles. The van der Waals surface area contributed by atoms with Gasteiger partial charge in [-0.05, 0) is 49.9 Å². The molecule has 2 aromatic rings. The molecule has 4 heteroatoms. The first-order valence-corrected chi connectivity index (χ1v) is 9.90. The number of aryl methyl sites for hydroxylation is 1. The predicted octanol–water partition coefficient (Wildman–Crippen LogP) is 2.84. The van der Waals surface area contributed by atoms with Gasteiger partial charge in [-0.3, -0.25) is 14.5 Å². The minimum atomic E-state index is 0.680. The van der Waals surface area contributed by atoms with E-state index in [0.717, 1.165) is 24.5 Å². The highest BCUT2D eigenvalue weighted by Crippen LogP contribution is 2.46. The van der Waals surface area contributed by atoms with Crippen LogP contribution in [0.15, 0.2) is 48.8 Å². The molecule has 3 atom stereocenters. The van der Waals surface area contributed by atoms with Crippen molar-refractivity contribution in [3.8, 4) is 0 Å². The smallest absolute Gasteiger partial charge is 0.0489 e. The highest BCUT2D eigenvalue weighted by molar-refractivity contribution is 5.27. The molecule has 4 fully saturated rings. The van der Waals surface area contributed by atoms with Gasteiger partial charge in [-0.1, -0.05) is 30.3 Å². The maximum atomic E-state index is 4.35. The number of nitrogens with zero attached hydrogens (tertiary/aromatic N) is 4. The van der Waals surface area contributed by atoms with Crippen molar-refractivity contribution in [2.45, 2.75) is 43.8 Å². The molecule has 4 saturated heterocycles. The summed E-state index contributed by atoms with van der Waals surface area (Å²) in [6, 6.07) is 14.8. The Morgan fingerprint density at radius 3 is 2.56 bits per heavy atom. The number of piperidine rings is 3. The molecule has 0 unspecified atom stereocenters. The van der Waals surface area contributed by atoms with Crippen molar-refractivity contribution in [2.75, 3.05) is 26.2 Å². The van der Waals surface area contributed by atoms with Crippen molar-refractivity contribution in [3.63, 3.8) is 0 Å². The molecule has 0 spiro atoms. The van der Waals surface area contributed by atoms with Crippen LogP contribution in [0.3, 0.4) is 0 Å². The van der Waals surface area contributed by atoms with Crippen LogP contribution in [0.1, 0.15) is 30.7 Å². The molecule has 6 rings (SSSR count). The highest BCUT2D eigenvalue weighted by atomic mass is 15.3. The van der Waals surface area contributed by atoms with Crippen molar-refractivity contribution < 1.29 is 0 Å². The Kier molecular flexibility index (Phi) is 4.10. The van der Waals surface area contributed by atoms with Crippen molar-refractivity contribution in [3.05, 3.63) is 54.4 Å². The predicted molar refractivity (Wildman–Crippen MR) is 99.5 cm³/mol. The van der Waals surface area contributed by atoms with Gasteiger partial charge < -0.3 is 0 Å². The first-order chi connectivity index (χ1) is 12.4. The van der Waals surface area contributed by atoms with E-state index in [1.54, 1.807) is 5.56 Å². The van der Waals surface area contributed by atoms with Gasteiger partial charge >= 0.3 is 0 Å². The van der Waals surface area contributed by atoms with Crippen molar-refractivity contribution in [1.82, 2.24) is 19.6 Å². The fourth-order valence-electron chi connectivity index (χ4n) is 5.65. The minimum absolute atomic E-state index is 0.680. The van der Waals surface area contributed by atoms with E-state index in [9.17, 15) is 0 Å². The van der Waals surface area contributed by atoms with E-state index in [1.165, 1.54) is 45.4 Å². The molecular weight excluding hydrogens is 308 g/mol. The van der Waals surface area contributed by atoms with Gasteiger partial charge in [0.2, 0.25) is 0 Å². The molecule has 132 valence electrons. The molecule has 4 nitrogen and oxygen atoms in total. The number of hydrogen-bond acceptors (Lipinski definition) is 3. The molecule has 5 heterocycles. The van der Waals surface area contributed by atoms with E-state index in [0.29, 0.717) is 5.92 Å². The molecule has 0 saturated carbocycles. The zero-order valence-electron chi connectivity index (χ0n) is 14.9. The third-order valence-electron chi connectivity index (χ3n) is 6.71. The molecule has 4 aliphatic rings. The van der Waals surface area contributed by atoms with E-state index in [4.69, 9.17) is 0 Å². The molecule has 2 bridgehead atoms. The van der Waals surface area contributed by atoms with Gasteiger partial charge in [-0.25, -0.2) is 0 Å². The monoisotopic (exact) mass is 336 g/mol. The molecule has 0 aliphatic carbocycles. The van der Waals surface area contributed by atoms with Crippen LogP contribution < -0.4 is 0 Å². The number of benzene rings is 1. The zero-order valence-corrected chi connectivity index (χ0v) is 14.9. The van der Waals surface area contributed by atoms with Crippen molar-refractivity contribution in [2.24, 2.45) is 5.92 Å². The third kappa shape index (κ3) is 2.81. The number of likely N-dealkylation sites (tertiary alicyclic amines) is 1. The lowest BCUT2D eigenvalue weighted by Gasteiger charge is -2.51. The normalized spacial score (nSPS) is 34.3. The van der Waals surface area contributed by atoms with E-state index >= 15 is 0 Å². The second kappa shape index (κ2) is 6.58. The van der Waals surface area contributed by atoms with Crippen LogP contribution in [-0.2, 0) is 6.54 Å². The average molecular weight is 336 g/mol. The van der Waals surface area contributed by atoms with Gasteiger partial charge in [-0.2, -0.15) is 5.10 Å². The Morgan fingerprint density at radius 2 is 1.80 bits per heavy atom. The second-order valence-corrected chi connectivity index (χ2v) is 7.99. The summed E-state index contributed by atoms with van der Waals surface area (Å²) >= 11 is 0. The number of aromatic nitrogens is 2. The van der Waals surface area contributed by atoms with E-state index in [2.05, 4.69) is 56.1 Å². The maximum absolute atomic E-state index is 4.35. The molecule has 0 N–H and O–H groups in total. The molecular formula is C21H28N4. The van der Waals surface area contributed by atoms with Crippen LogP contribution in [0.4, 0.5) is 0 Å². The van der Waals surface area contributed by atoms with Gasteiger partial charge in [0.15, 0.2) is 0 Å². The first kappa shape index (κ1) is 15.6. The summed E-state index contributed by atoms with van der Waals surface area (Å²) in [5.41, 5.74) is 1.54. The van der Waals surface area contributed by atoms with Gasteiger partial charge in [0, 0.05) is 50.0 Å². The van der Waals surface area contributed by atoms with Crippen LogP contribution in [-0.4, -0.2) is 57.8 Å². The van der Waals surface area contributed by atoms with Gasteiger partial charge in [0.05, 0.1) is 0 Å². The van der Waals surface area contributed by atoms with Crippen LogP contribution in [0.2, 0.25) is 0 Å². The summed E-state index contributed by atoms with van der Waals surface area (Å²) in [4.78, 5) is 5.62. The lowest BCUT2D eigenvalue weighted by molar-refractivity contribution is -0.00697. The summed E-state index contributed by atoms with van der Waals surface area (Å²) in [5, 5.41) is 4.35. The lowest BCUT2D eigenvalue weighted by Crippen LogP contribution is -2.60. The number of hydrogen-bond donors (Lipinski definition) is 0. The molecule has 4 aliphatic heterocycles. The van der Waals surface area contributed by atoms with Crippen LogP contribution >= 0.6 is 0 Å². The van der Waals surface area contributed by atoms with Crippen molar-refractivity contribution in [1.29, 1.82) is 0 Å². The Hall–Kier alpha value is -1.65. The zero-order chi connectivity index (χ0) is 16.6. The molecule has 0 radical (unpaired) electrons. The van der Waals surface area contributed by atoms with Gasteiger partial charge in [0.25, 0.3) is 0 Å². The fraction of sp³-hybridized carbons (Fsp3) is 0.571. The quantitative estimate of drug-likeness (QED) is 0.839. The molecule has 25 heavy (non-hydrogen) atoms. The van der Waals surface area contributed by atoms with E-state index in [-0.39, 0.29) is 0 Å². The molecule has 0 amide bonds. The largest absolute Gasteiger partial charge is 0.298 e. The highest BCUT2D eigenvalue weighted by Gasteiger charge is 2.52. The van der Waals surface area contributed by atoms with E-state index < -0.39 is 0 Å². The summed E-state index contributed by atoms with van der Waals surface area (Å²) < 4.78 is 2.07. The minimum Gasteiger partial charge on any atom is -0.298 e. The SMILES string of the molecule is c1ccc([C@H]2CN(CCCn3cccn3)[C@H]3C4CCN(CC4)[C@@H]23)cc1. The summed E-state index contributed by atoms with van der Waals surface area (Å²) in [7, 11) is 0.